The van der Waals surface area contributed by atoms with Crippen molar-refractivity contribution < 1.29 is 17.6 Å². The van der Waals surface area contributed by atoms with Crippen molar-refractivity contribution in [3.63, 3.8) is 0 Å². The van der Waals surface area contributed by atoms with E-state index in [2.05, 4.69) is 10.2 Å². The first kappa shape index (κ1) is 16.6. The molecule has 3 rings (SSSR count). The molecule has 0 unspecified atom stereocenters. The molecule has 0 aliphatic heterocycles. The summed E-state index contributed by atoms with van der Waals surface area (Å²) in [6.45, 7) is 1.85. The topological polar surface area (TPSA) is 43.9 Å². The van der Waals surface area contributed by atoms with Gasteiger partial charge in [0.25, 0.3) is 0 Å². The van der Waals surface area contributed by atoms with Gasteiger partial charge in [-0.25, -0.2) is 0 Å². The highest BCUT2D eigenvalue weighted by atomic mass is 32.2. The maximum atomic E-state index is 12.6. The van der Waals surface area contributed by atoms with Crippen molar-refractivity contribution in [1.29, 1.82) is 0 Å². The Hall–Kier alpha value is -2.22. The lowest BCUT2D eigenvalue weighted by atomic mass is 10.1. The molecule has 0 saturated heterocycles. The fraction of sp³-hybridized carbons (Fsp3) is 0.250. The van der Waals surface area contributed by atoms with E-state index in [0.717, 1.165) is 29.0 Å². The van der Waals surface area contributed by atoms with Crippen LogP contribution in [0.1, 0.15) is 16.9 Å². The van der Waals surface area contributed by atoms with Crippen molar-refractivity contribution in [2.45, 2.75) is 24.0 Å². The third-order valence-electron chi connectivity index (χ3n) is 3.58. The van der Waals surface area contributed by atoms with Crippen LogP contribution >= 0.6 is 11.8 Å². The van der Waals surface area contributed by atoms with Crippen LogP contribution in [-0.4, -0.2) is 14.8 Å². The molecule has 2 aromatic heterocycles. The fourth-order valence-electron chi connectivity index (χ4n) is 2.23. The van der Waals surface area contributed by atoms with Crippen LogP contribution in [0.25, 0.3) is 11.4 Å². The van der Waals surface area contributed by atoms with Gasteiger partial charge in [-0.2, -0.15) is 13.2 Å². The quantitative estimate of drug-likeness (QED) is 0.638. The molecule has 0 aliphatic rings. The van der Waals surface area contributed by atoms with Gasteiger partial charge in [-0.1, -0.05) is 23.9 Å². The van der Waals surface area contributed by atoms with E-state index < -0.39 is 11.7 Å². The minimum absolute atomic E-state index is 0.508. The predicted molar refractivity (Wildman–Crippen MR) is 84.4 cm³/mol. The van der Waals surface area contributed by atoms with Crippen molar-refractivity contribution in [1.82, 2.24) is 14.8 Å². The summed E-state index contributed by atoms with van der Waals surface area (Å²) in [5.74, 6) is 1.95. The smallest absolute Gasteiger partial charge is 0.416 e. The van der Waals surface area contributed by atoms with Crippen molar-refractivity contribution in [2.24, 2.45) is 7.05 Å². The highest BCUT2D eigenvalue weighted by molar-refractivity contribution is 7.98. The molecule has 0 aliphatic carbocycles. The zero-order chi connectivity index (χ0) is 17.3. The van der Waals surface area contributed by atoms with Crippen LogP contribution in [0.4, 0.5) is 13.2 Å². The Labute approximate surface area is 140 Å². The molecular formula is C16H14F3N3OS. The van der Waals surface area contributed by atoms with E-state index in [4.69, 9.17) is 4.42 Å². The summed E-state index contributed by atoms with van der Waals surface area (Å²) in [5, 5.41) is 8.99. The molecule has 3 aromatic rings. The van der Waals surface area contributed by atoms with Gasteiger partial charge in [0.1, 0.15) is 5.76 Å². The number of nitrogens with zero attached hydrogens (tertiary/aromatic N) is 3. The average molecular weight is 353 g/mol. The van der Waals surface area contributed by atoms with E-state index in [1.807, 2.05) is 24.6 Å². The number of aryl methyl sites for hydroxylation is 1. The second-order valence-corrected chi connectivity index (χ2v) is 6.18. The number of halogens is 3. The molecule has 8 heteroatoms. The van der Waals surface area contributed by atoms with Gasteiger partial charge in [0, 0.05) is 12.8 Å². The normalized spacial score (nSPS) is 11.9. The Morgan fingerprint density at radius 2 is 1.83 bits per heavy atom. The van der Waals surface area contributed by atoms with E-state index in [0.29, 0.717) is 16.7 Å². The molecule has 0 atom stereocenters. The molecule has 2 heterocycles. The van der Waals surface area contributed by atoms with E-state index >= 15 is 0 Å². The first-order valence-corrected chi connectivity index (χ1v) is 8.07. The number of thioether (sulfide) groups is 1. The van der Waals surface area contributed by atoms with Gasteiger partial charge >= 0.3 is 6.18 Å². The first-order chi connectivity index (χ1) is 11.4. The predicted octanol–water partition coefficient (Wildman–Crippen LogP) is 4.69. The Balaban J connectivity index is 1.72. The molecular weight excluding hydrogens is 339 g/mol. The number of rotatable bonds is 4. The zero-order valence-corrected chi connectivity index (χ0v) is 13.8. The molecule has 0 amide bonds. The van der Waals surface area contributed by atoms with Crippen LogP contribution in [-0.2, 0) is 19.0 Å². The second-order valence-electron chi connectivity index (χ2n) is 5.24. The Kier molecular flexibility index (Phi) is 4.40. The maximum absolute atomic E-state index is 12.6. The molecule has 0 radical (unpaired) electrons. The van der Waals surface area contributed by atoms with Crippen molar-refractivity contribution in [3.8, 4) is 11.4 Å². The fourth-order valence-corrected chi connectivity index (χ4v) is 3.10. The summed E-state index contributed by atoms with van der Waals surface area (Å²) in [6.07, 6.45) is -2.72. The van der Waals surface area contributed by atoms with E-state index in [1.54, 1.807) is 6.26 Å². The third kappa shape index (κ3) is 3.33. The van der Waals surface area contributed by atoms with Gasteiger partial charge in [0.15, 0.2) is 11.0 Å². The van der Waals surface area contributed by atoms with Crippen molar-refractivity contribution in [2.75, 3.05) is 0 Å². The van der Waals surface area contributed by atoms with Crippen LogP contribution in [0, 0.1) is 6.92 Å². The van der Waals surface area contributed by atoms with E-state index in [1.165, 1.54) is 23.9 Å². The molecule has 0 fully saturated rings. The molecule has 4 nitrogen and oxygen atoms in total. The van der Waals surface area contributed by atoms with Crippen molar-refractivity contribution in [3.05, 3.63) is 53.5 Å². The number of benzene rings is 1. The van der Waals surface area contributed by atoms with Gasteiger partial charge in [-0.3, -0.25) is 0 Å². The van der Waals surface area contributed by atoms with Gasteiger partial charge in [0.2, 0.25) is 0 Å². The minimum atomic E-state index is -4.31. The van der Waals surface area contributed by atoms with Gasteiger partial charge in [-0.05, 0) is 30.7 Å². The summed E-state index contributed by atoms with van der Waals surface area (Å²) in [7, 11) is 1.84. The van der Waals surface area contributed by atoms with Crippen LogP contribution in [0.2, 0.25) is 0 Å². The monoisotopic (exact) mass is 353 g/mol. The highest BCUT2D eigenvalue weighted by Crippen LogP contribution is 2.31. The molecule has 126 valence electrons. The third-order valence-corrected chi connectivity index (χ3v) is 4.68. The Morgan fingerprint density at radius 1 is 1.12 bits per heavy atom. The van der Waals surface area contributed by atoms with Crippen molar-refractivity contribution >= 4 is 11.8 Å². The van der Waals surface area contributed by atoms with Crippen LogP contribution in [0.3, 0.4) is 0 Å². The standard InChI is InChI=1S/C16H14F3N3OS/c1-10-13(7-8-23-10)14-20-21-15(22(14)2)24-9-11-3-5-12(6-4-11)16(17,18)19/h3-8H,9H2,1-2H3. The molecule has 0 saturated carbocycles. The summed E-state index contributed by atoms with van der Waals surface area (Å²) >= 11 is 1.41. The largest absolute Gasteiger partial charge is 0.469 e. The van der Waals surface area contributed by atoms with E-state index in [9.17, 15) is 13.2 Å². The highest BCUT2D eigenvalue weighted by Gasteiger charge is 2.29. The van der Waals surface area contributed by atoms with Gasteiger partial charge < -0.3 is 8.98 Å². The maximum Gasteiger partial charge on any atom is 0.416 e. The van der Waals surface area contributed by atoms with Crippen LogP contribution in [0.15, 0.2) is 46.2 Å². The Morgan fingerprint density at radius 3 is 2.42 bits per heavy atom. The van der Waals surface area contributed by atoms with Gasteiger partial charge in [0.05, 0.1) is 17.4 Å². The lowest BCUT2D eigenvalue weighted by Crippen LogP contribution is -2.04. The Bertz CT molecular complexity index is 837. The van der Waals surface area contributed by atoms with E-state index in [-0.39, 0.29) is 0 Å². The molecule has 0 N–H and O–H groups in total. The number of hydrogen-bond donors (Lipinski definition) is 0. The lowest BCUT2D eigenvalue weighted by Gasteiger charge is -2.07. The first-order valence-electron chi connectivity index (χ1n) is 7.09. The molecule has 0 spiro atoms. The lowest BCUT2D eigenvalue weighted by molar-refractivity contribution is -0.137. The summed E-state index contributed by atoms with van der Waals surface area (Å²) in [4.78, 5) is 0. The zero-order valence-electron chi connectivity index (χ0n) is 13.0. The SMILES string of the molecule is Cc1occc1-c1nnc(SCc2ccc(C(F)(F)F)cc2)n1C. The molecule has 0 bridgehead atoms. The molecule has 1 aromatic carbocycles. The number of furan rings is 1. The van der Waals surface area contributed by atoms with Crippen LogP contribution in [0.5, 0.6) is 0 Å². The minimum Gasteiger partial charge on any atom is -0.469 e. The summed E-state index contributed by atoms with van der Waals surface area (Å²) < 4.78 is 44.8. The van der Waals surface area contributed by atoms with Gasteiger partial charge in [-0.15, -0.1) is 10.2 Å². The van der Waals surface area contributed by atoms with Crippen LogP contribution < -0.4 is 0 Å². The average Bonchev–Trinajstić information content (AvgIpc) is 3.10. The molecule has 24 heavy (non-hydrogen) atoms. The second kappa shape index (κ2) is 6.35. The summed E-state index contributed by atoms with van der Waals surface area (Å²) in [5.41, 5.74) is 1.01. The number of alkyl halides is 3. The summed E-state index contributed by atoms with van der Waals surface area (Å²) in [6, 6.07) is 6.96. The number of hydrogen-bond acceptors (Lipinski definition) is 4. The number of aromatic nitrogens is 3.